The van der Waals surface area contributed by atoms with E-state index in [4.69, 9.17) is 33.2 Å². The lowest BCUT2D eigenvalue weighted by atomic mass is 9.57. The molecule has 4 heterocycles. The van der Waals surface area contributed by atoms with Crippen LogP contribution >= 0.6 is 0 Å². The maximum atomic E-state index is 14.3. The standard InChI is InChI=1S/C43H50O16/c1-19-26(44)8-11-32(54-19)57-29-10-13-34(56-21(29)3)59-41(5)17-31(47)43(52)36-25(14-15-42(43,51)18-41)38(49)35-24(39(36)50)7-6-23(37(35)48)30-16-28(46)40(22(4)53-30)58-33-12-9-27(45)20(2)55-33/h6-7,9,12,14-15,19-22,28-30,32-34,40,46,48,51-52H,8,10-11,13,16-18H2,1-5H3/t19-,20-,21-,22+,28+,29-,30+,32-,33-,34-,40+,41-,42-,43-/m0/s1. The molecule has 318 valence electrons. The first-order valence-electron chi connectivity index (χ1n) is 20.2. The summed E-state index contributed by atoms with van der Waals surface area (Å²) in [6.45, 7) is 8.36. The van der Waals surface area contributed by atoms with Crippen molar-refractivity contribution in [3.05, 3.63) is 64.3 Å². The number of Topliss-reactive ketones (excluding diaryl/α,β-unsaturated/α-hetero) is 4. The Hall–Kier alpha value is -3.81. The van der Waals surface area contributed by atoms with E-state index < -0.39 is 113 Å². The number of aromatic hydroxyl groups is 1. The van der Waals surface area contributed by atoms with E-state index in [2.05, 4.69) is 0 Å². The summed E-state index contributed by atoms with van der Waals surface area (Å²) in [5, 5.41) is 47.0. The molecule has 4 N–H and O–H groups in total. The summed E-state index contributed by atoms with van der Waals surface area (Å²) in [6.07, 6.45) is -2.00. The zero-order valence-electron chi connectivity index (χ0n) is 33.5. The molecule has 59 heavy (non-hydrogen) atoms. The predicted molar refractivity (Wildman–Crippen MR) is 201 cm³/mol. The van der Waals surface area contributed by atoms with Crippen LogP contribution in [0.4, 0.5) is 0 Å². The molecule has 0 radical (unpaired) electrons. The summed E-state index contributed by atoms with van der Waals surface area (Å²) in [6, 6.07) is 2.67. The highest BCUT2D eigenvalue weighted by Gasteiger charge is 2.67. The van der Waals surface area contributed by atoms with Crippen molar-refractivity contribution in [1.82, 2.24) is 0 Å². The molecule has 7 aliphatic rings. The maximum absolute atomic E-state index is 14.3. The van der Waals surface area contributed by atoms with Gasteiger partial charge in [-0.05, 0) is 65.3 Å². The van der Waals surface area contributed by atoms with Crippen LogP contribution in [-0.2, 0) is 47.5 Å². The molecule has 1 aromatic carbocycles. The number of carbonyl (C=O) groups excluding carboxylic acids is 5. The fourth-order valence-electron chi connectivity index (χ4n) is 9.58. The van der Waals surface area contributed by atoms with Crippen molar-refractivity contribution >= 4 is 28.9 Å². The molecule has 1 aromatic rings. The van der Waals surface area contributed by atoms with Gasteiger partial charge in [0, 0.05) is 55.2 Å². The number of phenols is 1. The van der Waals surface area contributed by atoms with Gasteiger partial charge in [-0.15, -0.1) is 0 Å². The second-order valence-electron chi connectivity index (χ2n) is 17.1. The van der Waals surface area contributed by atoms with Crippen molar-refractivity contribution in [2.45, 2.75) is 164 Å². The van der Waals surface area contributed by atoms with E-state index in [1.165, 1.54) is 30.4 Å². The number of ketones is 5. The summed E-state index contributed by atoms with van der Waals surface area (Å²) < 4.78 is 41.9. The van der Waals surface area contributed by atoms with Gasteiger partial charge in [0.05, 0.1) is 47.3 Å². The minimum absolute atomic E-state index is 0.0255. The van der Waals surface area contributed by atoms with Gasteiger partial charge >= 0.3 is 0 Å². The van der Waals surface area contributed by atoms with Crippen LogP contribution in [0.15, 0.2) is 47.6 Å². The van der Waals surface area contributed by atoms with Crippen molar-refractivity contribution < 1.29 is 77.6 Å². The topological polar surface area (TPSA) is 231 Å². The number of hydrogen-bond acceptors (Lipinski definition) is 16. The van der Waals surface area contributed by atoms with Crippen LogP contribution in [0, 0.1) is 0 Å². The van der Waals surface area contributed by atoms with Gasteiger partial charge in [0.2, 0.25) is 0 Å². The van der Waals surface area contributed by atoms with E-state index in [-0.39, 0.29) is 52.8 Å². The average molecular weight is 823 g/mol. The monoisotopic (exact) mass is 822 g/mol. The average Bonchev–Trinajstić information content (AvgIpc) is 3.16. The minimum Gasteiger partial charge on any atom is -0.507 e. The first-order chi connectivity index (χ1) is 27.8. The number of rotatable bonds is 7. The second-order valence-corrected chi connectivity index (χ2v) is 17.1. The quantitative estimate of drug-likeness (QED) is 0.310. The predicted octanol–water partition coefficient (Wildman–Crippen LogP) is 2.71. The Bertz CT molecular complexity index is 2040. The molecular formula is C43H50O16. The Morgan fingerprint density at radius 2 is 1.59 bits per heavy atom. The lowest BCUT2D eigenvalue weighted by Gasteiger charge is -2.53. The minimum atomic E-state index is -2.82. The molecule has 0 unspecified atom stereocenters. The van der Waals surface area contributed by atoms with Crippen molar-refractivity contribution in [2.24, 2.45) is 0 Å². The number of ether oxygens (including phenoxy) is 7. The number of benzene rings is 1. The Morgan fingerprint density at radius 3 is 2.29 bits per heavy atom. The van der Waals surface area contributed by atoms with Crippen LogP contribution in [0.1, 0.15) is 112 Å². The molecule has 0 amide bonds. The third-order valence-electron chi connectivity index (χ3n) is 12.7. The highest BCUT2D eigenvalue weighted by molar-refractivity contribution is 6.32. The molecule has 14 atom stereocenters. The van der Waals surface area contributed by atoms with Crippen LogP contribution in [-0.4, -0.2) is 128 Å². The smallest absolute Gasteiger partial charge is 0.198 e. The Morgan fingerprint density at radius 1 is 0.831 bits per heavy atom. The van der Waals surface area contributed by atoms with E-state index in [1.807, 2.05) is 6.92 Å². The van der Waals surface area contributed by atoms with Gasteiger partial charge in [-0.1, -0.05) is 12.1 Å². The van der Waals surface area contributed by atoms with Gasteiger partial charge < -0.3 is 53.6 Å². The third kappa shape index (κ3) is 7.20. The molecule has 16 heteroatoms. The summed E-state index contributed by atoms with van der Waals surface area (Å²) >= 11 is 0. The molecular weight excluding hydrogens is 772 g/mol. The fraction of sp³-hybridized carbons (Fsp3) is 0.605. The van der Waals surface area contributed by atoms with Crippen molar-refractivity contribution in [2.75, 3.05) is 0 Å². The van der Waals surface area contributed by atoms with Gasteiger partial charge in [0.15, 0.2) is 53.4 Å². The zero-order chi connectivity index (χ0) is 42.3. The molecule has 3 saturated heterocycles. The van der Waals surface area contributed by atoms with Gasteiger partial charge in [0.1, 0.15) is 29.7 Å². The Kier molecular flexibility index (Phi) is 10.8. The first kappa shape index (κ1) is 41.9. The van der Waals surface area contributed by atoms with Gasteiger partial charge in [0.25, 0.3) is 0 Å². The summed E-state index contributed by atoms with van der Waals surface area (Å²) in [7, 11) is 0. The number of aliphatic hydroxyl groups excluding tert-OH is 1. The van der Waals surface area contributed by atoms with E-state index in [9.17, 15) is 44.4 Å². The highest BCUT2D eigenvalue weighted by Crippen LogP contribution is 2.53. The van der Waals surface area contributed by atoms with Crippen molar-refractivity contribution in [3.63, 3.8) is 0 Å². The maximum Gasteiger partial charge on any atom is 0.198 e. The van der Waals surface area contributed by atoms with Gasteiger partial charge in [-0.2, -0.15) is 0 Å². The van der Waals surface area contributed by atoms with E-state index in [0.29, 0.717) is 25.7 Å². The molecule has 16 nitrogen and oxygen atoms in total. The first-order valence-corrected chi connectivity index (χ1v) is 20.2. The molecule has 1 saturated carbocycles. The fourth-order valence-corrected chi connectivity index (χ4v) is 9.58. The lowest BCUT2D eigenvalue weighted by Crippen LogP contribution is -2.69. The SMILES string of the molecule is C[C@@H]1O[C@@H](O[C@H]2[C@H](O)C[C@H](c3ccc4c(c3O)C(=O)C3=C(C4=O)[C@@]4(O)C(=O)C[C@](C)(O[C@H]5CC[C@H](O[C@H]6CCC(=O)[C@H](C)O6)[C@H](C)O5)C[C@@]4(O)C=C3)O[C@@H]2C)C=CC1=O. The highest BCUT2D eigenvalue weighted by atomic mass is 16.7. The second kappa shape index (κ2) is 15.3. The number of allylic oxidation sites excluding steroid dienone is 2. The zero-order valence-corrected chi connectivity index (χ0v) is 33.5. The normalized spacial score (nSPS) is 42.4. The Balaban J connectivity index is 0.965. The van der Waals surface area contributed by atoms with Gasteiger partial charge in [-0.25, -0.2) is 0 Å². The molecule has 0 aromatic heterocycles. The third-order valence-corrected chi connectivity index (χ3v) is 12.7. The van der Waals surface area contributed by atoms with Crippen molar-refractivity contribution in [1.29, 1.82) is 0 Å². The molecule has 4 aliphatic heterocycles. The Labute approximate surface area is 340 Å². The van der Waals surface area contributed by atoms with Crippen LogP contribution in [0.3, 0.4) is 0 Å². The van der Waals surface area contributed by atoms with E-state index in [1.54, 1.807) is 27.7 Å². The molecule has 4 fully saturated rings. The van der Waals surface area contributed by atoms with Crippen molar-refractivity contribution in [3.8, 4) is 5.75 Å². The molecule has 0 spiro atoms. The summed E-state index contributed by atoms with van der Waals surface area (Å²) in [5.74, 6) is -3.47. The largest absolute Gasteiger partial charge is 0.507 e. The van der Waals surface area contributed by atoms with Gasteiger partial charge in [-0.3, -0.25) is 24.0 Å². The van der Waals surface area contributed by atoms with E-state index in [0.717, 1.165) is 6.08 Å². The van der Waals surface area contributed by atoms with Crippen LogP contribution in [0.25, 0.3) is 0 Å². The molecule has 8 rings (SSSR count). The van der Waals surface area contributed by atoms with Crippen LogP contribution in [0.2, 0.25) is 0 Å². The summed E-state index contributed by atoms with van der Waals surface area (Å²) in [5.41, 5.74) is -8.02. The van der Waals surface area contributed by atoms with E-state index >= 15 is 0 Å². The summed E-state index contributed by atoms with van der Waals surface area (Å²) in [4.78, 5) is 66.3. The number of carbonyl (C=O) groups is 5. The number of fused-ring (bicyclic) bond motifs is 3. The number of hydrogen-bond donors (Lipinski definition) is 4. The number of phenolic OH excluding ortho intramolecular Hbond substituents is 1. The van der Waals surface area contributed by atoms with Crippen LogP contribution in [0.5, 0.6) is 5.75 Å². The number of aliphatic hydroxyl groups is 3. The molecule has 0 bridgehead atoms. The van der Waals surface area contributed by atoms with Crippen LogP contribution < -0.4 is 0 Å². The lowest BCUT2D eigenvalue weighted by molar-refractivity contribution is -0.296. The molecule has 3 aliphatic carbocycles.